The summed E-state index contributed by atoms with van der Waals surface area (Å²) in [4.78, 5) is 14.4. The van der Waals surface area contributed by atoms with Crippen molar-refractivity contribution in [3.8, 4) is 11.3 Å². The molecule has 0 spiro atoms. The van der Waals surface area contributed by atoms with E-state index in [0.717, 1.165) is 5.39 Å². The lowest BCUT2D eigenvalue weighted by molar-refractivity contribution is 0.629. The maximum Gasteiger partial charge on any atom is 0.258 e. The third kappa shape index (κ3) is 1.59. The molecule has 3 aromatic rings. The van der Waals surface area contributed by atoms with Gasteiger partial charge in [0.2, 0.25) is 0 Å². The highest BCUT2D eigenvalue weighted by atomic mass is 19.1. The molecular formula is C11H7FN4O. The SMILES string of the molecule is O=c1[nH]c2cc(F)ccc2cc1-c1c[nH]nn1. The van der Waals surface area contributed by atoms with Gasteiger partial charge in [0, 0.05) is 0 Å². The lowest BCUT2D eigenvalue weighted by Gasteiger charge is -2.00. The van der Waals surface area contributed by atoms with E-state index in [1.807, 2.05) is 0 Å². The van der Waals surface area contributed by atoms with Crippen LogP contribution in [-0.2, 0) is 0 Å². The predicted octanol–water partition coefficient (Wildman–Crippen LogP) is 1.45. The maximum atomic E-state index is 13.0. The number of halogens is 1. The molecule has 2 heterocycles. The zero-order valence-corrected chi connectivity index (χ0v) is 8.57. The minimum Gasteiger partial charge on any atom is -0.321 e. The Morgan fingerprint density at radius 2 is 2.12 bits per heavy atom. The van der Waals surface area contributed by atoms with Crippen molar-refractivity contribution in [2.75, 3.05) is 0 Å². The molecule has 1 aromatic carbocycles. The first-order valence-electron chi connectivity index (χ1n) is 4.93. The van der Waals surface area contributed by atoms with E-state index in [1.165, 1.54) is 18.3 Å². The molecule has 0 fully saturated rings. The fourth-order valence-corrected chi connectivity index (χ4v) is 1.70. The Bertz CT molecular complexity index is 733. The van der Waals surface area contributed by atoms with Gasteiger partial charge in [-0.05, 0) is 29.7 Å². The molecule has 0 aliphatic heterocycles. The second-order valence-electron chi connectivity index (χ2n) is 3.60. The number of hydrogen-bond acceptors (Lipinski definition) is 3. The number of fused-ring (bicyclic) bond motifs is 1. The zero-order valence-electron chi connectivity index (χ0n) is 8.57. The second-order valence-corrected chi connectivity index (χ2v) is 3.60. The van der Waals surface area contributed by atoms with E-state index >= 15 is 0 Å². The average molecular weight is 230 g/mol. The van der Waals surface area contributed by atoms with Crippen molar-refractivity contribution in [1.29, 1.82) is 0 Å². The van der Waals surface area contributed by atoms with Crippen LogP contribution in [-0.4, -0.2) is 20.4 Å². The molecule has 17 heavy (non-hydrogen) atoms. The molecule has 0 saturated heterocycles. The van der Waals surface area contributed by atoms with E-state index in [1.54, 1.807) is 12.1 Å². The van der Waals surface area contributed by atoms with Crippen LogP contribution >= 0.6 is 0 Å². The molecule has 0 unspecified atom stereocenters. The van der Waals surface area contributed by atoms with Gasteiger partial charge in [-0.3, -0.25) is 9.89 Å². The molecule has 0 saturated carbocycles. The number of rotatable bonds is 1. The van der Waals surface area contributed by atoms with E-state index in [0.29, 0.717) is 16.8 Å². The summed E-state index contributed by atoms with van der Waals surface area (Å²) in [6.07, 6.45) is 1.53. The van der Waals surface area contributed by atoms with E-state index in [2.05, 4.69) is 20.4 Å². The third-order valence-corrected chi connectivity index (χ3v) is 2.50. The normalized spacial score (nSPS) is 10.9. The number of benzene rings is 1. The zero-order chi connectivity index (χ0) is 11.8. The predicted molar refractivity (Wildman–Crippen MR) is 59.9 cm³/mol. The smallest absolute Gasteiger partial charge is 0.258 e. The molecule has 6 heteroatoms. The van der Waals surface area contributed by atoms with Gasteiger partial charge >= 0.3 is 0 Å². The monoisotopic (exact) mass is 230 g/mol. The van der Waals surface area contributed by atoms with Crippen LogP contribution in [0.1, 0.15) is 0 Å². The average Bonchev–Trinajstić information content (AvgIpc) is 2.81. The molecule has 0 amide bonds. The fraction of sp³-hybridized carbons (Fsp3) is 0. The van der Waals surface area contributed by atoms with Crippen LogP contribution in [0.3, 0.4) is 0 Å². The van der Waals surface area contributed by atoms with Crippen LogP contribution < -0.4 is 5.56 Å². The molecule has 2 aromatic heterocycles. The second kappa shape index (κ2) is 3.51. The van der Waals surface area contributed by atoms with Crippen molar-refractivity contribution < 1.29 is 4.39 Å². The quantitative estimate of drug-likeness (QED) is 0.664. The molecule has 0 aliphatic rings. The Hall–Kier alpha value is -2.50. The maximum absolute atomic E-state index is 13.0. The van der Waals surface area contributed by atoms with Gasteiger partial charge in [0.25, 0.3) is 5.56 Å². The Morgan fingerprint density at radius 3 is 2.88 bits per heavy atom. The minimum atomic E-state index is -0.387. The van der Waals surface area contributed by atoms with Gasteiger partial charge in [-0.1, -0.05) is 5.21 Å². The molecule has 3 rings (SSSR count). The highest BCUT2D eigenvalue weighted by Gasteiger charge is 2.08. The van der Waals surface area contributed by atoms with Crippen LogP contribution in [0.15, 0.2) is 35.3 Å². The molecule has 84 valence electrons. The standard InChI is InChI=1S/C11H7FN4O/c12-7-2-1-6-3-8(10-5-13-16-15-10)11(17)14-9(6)4-7/h1-5H,(H,14,17)(H,13,15,16). The first kappa shape index (κ1) is 9.71. The van der Waals surface area contributed by atoms with Gasteiger partial charge in [0.15, 0.2) is 0 Å². The summed E-state index contributed by atoms with van der Waals surface area (Å²) in [5.74, 6) is -0.387. The van der Waals surface area contributed by atoms with E-state index < -0.39 is 0 Å². The summed E-state index contributed by atoms with van der Waals surface area (Å²) in [7, 11) is 0. The fourth-order valence-electron chi connectivity index (χ4n) is 1.70. The number of hydrogen-bond donors (Lipinski definition) is 2. The van der Waals surface area contributed by atoms with Crippen molar-refractivity contribution in [2.45, 2.75) is 0 Å². The Labute approximate surface area is 94.3 Å². The van der Waals surface area contributed by atoms with E-state index in [-0.39, 0.29) is 11.4 Å². The first-order valence-corrected chi connectivity index (χ1v) is 4.93. The van der Waals surface area contributed by atoms with Gasteiger partial charge in [-0.25, -0.2) is 4.39 Å². The number of aromatic nitrogens is 4. The van der Waals surface area contributed by atoms with Crippen LogP contribution in [0.25, 0.3) is 22.2 Å². The summed E-state index contributed by atoms with van der Waals surface area (Å²) in [6, 6.07) is 5.88. The van der Waals surface area contributed by atoms with Crippen LogP contribution in [0.5, 0.6) is 0 Å². The first-order chi connectivity index (χ1) is 8.24. The highest BCUT2D eigenvalue weighted by Crippen LogP contribution is 2.17. The molecule has 2 N–H and O–H groups in total. The highest BCUT2D eigenvalue weighted by molar-refractivity contribution is 5.82. The molecule has 0 aliphatic carbocycles. The molecule has 0 atom stereocenters. The molecule has 0 radical (unpaired) electrons. The van der Waals surface area contributed by atoms with Crippen molar-refractivity contribution in [1.82, 2.24) is 20.4 Å². The van der Waals surface area contributed by atoms with Crippen LogP contribution in [0.4, 0.5) is 4.39 Å². The van der Waals surface area contributed by atoms with Crippen molar-refractivity contribution in [3.63, 3.8) is 0 Å². The van der Waals surface area contributed by atoms with Gasteiger partial charge in [-0.2, -0.15) is 0 Å². The summed E-state index contributed by atoms with van der Waals surface area (Å²) < 4.78 is 13.0. The summed E-state index contributed by atoms with van der Waals surface area (Å²) in [5.41, 5.74) is 0.995. The number of H-pyrrole nitrogens is 2. The van der Waals surface area contributed by atoms with Crippen LogP contribution in [0.2, 0.25) is 0 Å². The van der Waals surface area contributed by atoms with Gasteiger partial charge in [0.1, 0.15) is 11.5 Å². The van der Waals surface area contributed by atoms with Crippen molar-refractivity contribution in [3.05, 3.63) is 46.6 Å². The summed E-state index contributed by atoms with van der Waals surface area (Å²) in [5, 5.41) is 10.6. The topological polar surface area (TPSA) is 74.4 Å². The van der Waals surface area contributed by atoms with Crippen LogP contribution in [0, 0.1) is 5.82 Å². The number of pyridine rings is 1. The number of nitrogens with zero attached hydrogens (tertiary/aromatic N) is 2. The lowest BCUT2D eigenvalue weighted by Crippen LogP contribution is -2.08. The molecule has 0 bridgehead atoms. The Kier molecular flexibility index (Phi) is 2.01. The third-order valence-electron chi connectivity index (χ3n) is 2.50. The number of nitrogens with one attached hydrogen (secondary N) is 2. The lowest BCUT2D eigenvalue weighted by atomic mass is 10.1. The van der Waals surface area contributed by atoms with E-state index in [4.69, 9.17) is 0 Å². The van der Waals surface area contributed by atoms with E-state index in [9.17, 15) is 9.18 Å². The Balaban J connectivity index is 2.32. The van der Waals surface area contributed by atoms with Crippen molar-refractivity contribution in [2.24, 2.45) is 0 Å². The summed E-state index contributed by atoms with van der Waals surface area (Å²) in [6.45, 7) is 0. The largest absolute Gasteiger partial charge is 0.321 e. The minimum absolute atomic E-state index is 0.322. The van der Waals surface area contributed by atoms with Gasteiger partial charge < -0.3 is 4.98 Å². The molecule has 5 nitrogen and oxygen atoms in total. The van der Waals surface area contributed by atoms with Gasteiger partial charge in [-0.15, -0.1) is 5.10 Å². The molecular weight excluding hydrogens is 223 g/mol. The Morgan fingerprint density at radius 1 is 1.24 bits per heavy atom. The summed E-state index contributed by atoms with van der Waals surface area (Å²) >= 11 is 0. The van der Waals surface area contributed by atoms with Gasteiger partial charge in [0.05, 0.1) is 17.3 Å². The van der Waals surface area contributed by atoms with Crippen molar-refractivity contribution >= 4 is 10.9 Å². The number of aromatic amines is 2.